The number of anilines is 2. The van der Waals surface area contributed by atoms with Gasteiger partial charge >= 0.3 is 6.03 Å². The smallest absolute Gasteiger partial charge is 0.319 e. The van der Waals surface area contributed by atoms with Gasteiger partial charge in [0.2, 0.25) is 11.8 Å². The maximum atomic E-state index is 14.8. The molecule has 2 atom stereocenters. The van der Waals surface area contributed by atoms with E-state index < -0.39 is 35.6 Å². The van der Waals surface area contributed by atoms with Crippen LogP contribution in [0.1, 0.15) is 23.5 Å². The highest BCUT2D eigenvalue weighted by molar-refractivity contribution is 6.30. The van der Waals surface area contributed by atoms with Crippen molar-refractivity contribution in [3.05, 3.63) is 94.8 Å². The lowest BCUT2D eigenvalue weighted by Gasteiger charge is -2.25. The van der Waals surface area contributed by atoms with Gasteiger partial charge in [0.15, 0.2) is 0 Å². The number of carbonyl (C=O) groups excluding carboxylic acids is 3. The van der Waals surface area contributed by atoms with Crippen LogP contribution in [0, 0.1) is 5.82 Å². The van der Waals surface area contributed by atoms with E-state index in [1.54, 1.807) is 66.7 Å². The zero-order valence-electron chi connectivity index (χ0n) is 18.0. The van der Waals surface area contributed by atoms with Crippen molar-refractivity contribution < 1.29 is 18.8 Å². The lowest BCUT2D eigenvalue weighted by Crippen LogP contribution is -2.51. The van der Waals surface area contributed by atoms with Gasteiger partial charge in [-0.05, 0) is 47.9 Å². The van der Waals surface area contributed by atoms with Crippen molar-refractivity contribution in [2.24, 2.45) is 5.73 Å². The molecule has 0 radical (unpaired) electrons. The number of carbonyl (C=O) groups is 3. The van der Waals surface area contributed by atoms with Crippen LogP contribution in [-0.4, -0.2) is 30.4 Å². The van der Waals surface area contributed by atoms with Gasteiger partial charge < -0.3 is 21.3 Å². The maximum Gasteiger partial charge on any atom is 0.319 e. The largest absolute Gasteiger partial charge is 0.368 e. The number of fused-ring (bicyclic) bond motifs is 1. The van der Waals surface area contributed by atoms with Crippen LogP contribution in [0.4, 0.5) is 20.6 Å². The Labute approximate surface area is 200 Å². The number of nitrogens with zero attached hydrogens (tertiary/aromatic N) is 1. The predicted octanol–water partition coefficient (Wildman–Crippen LogP) is 4.02. The zero-order valence-corrected chi connectivity index (χ0v) is 18.8. The summed E-state index contributed by atoms with van der Waals surface area (Å²) in [4.78, 5) is 39.3. The van der Waals surface area contributed by atoms with Crippen molar-refractivity contribution in [3.8, 4) is 0 Å². The normalized spacial score (nSPS) is 17.5. The molecule has 0 bridgehead atoms. The molecule has 0 fully saturated rings. The molecule has 0 aromatic heterocycles. The number of benzene rings is 3. The van der Waals surface area contributed by atoms with Crippen LogP contribution in [0.3, 0.4) is 0 Å². The lowest BCUT2D eigenvalue weighted by molar-refractivity contribution is -0.123. The van der Waals surface area contributed by atoms with E-state index in [0.717, 1.165) is 0 Å². The Morgan fingerprint density at radius 1 is 1.03 bits per heavy atom. The van der Waals surface area contributed by atoms with E-state index in [1.807, 2.05) is 0 Å². The van der Waals surface area contributed by atoms with Crippen LogP contribution in [-0.2, 0) is 9.59 Å². The molecule has 3 aromatic carbocycles. The number of amides is 4. The number of rotatable bonds is 5. The van der Waals surface area contributed by atoms with E-state index in [4.69, 9.17) is 17.3 Å². The van der Waals surface area contributed by atoms with Crippen LogP contribution < -0.4 is 21.3 Å². The van der Waals surface area contributed by atoms with E-state index in [9.17, 15) is 18.8 Å². The number of hydrogen-bond acceptors (Lipinski definition) is 3. The molecule has 7 nitrogen and oxygen atoms in total. The van der Waals surface area contributed by atoms with E-state index in [1.165, 1.54) is 11.0 Å². The lowest BCUT2D eigenvalue weighted by atomic mass is 9.85. The summed E-state index contributed by atoms with van der Waals surface area (Å²) in [6.07, 6.45) is 0.0784. The quantitative estimate of drug-likeness (QED) is 0.513. The SMILES string of the molecule is NC(=O)CN1C(=O)C(NC(=O)Nc2cccc(Cl)c2)CC(c2ccccc2F)c2ccccc21. The first-order valence-corrected chi connectivity index (χ1v) is 11.0. The van der Waals surface area contributed by atoms with Crippen LogP contribution in [0.25, 0.3) is 0 Å². The Morgan fingerprint density at radius 2 is 1.74 bits per heavy atom. The summed E-state index contributed by atoms with van der Waals surface area (Å²) in [7, 11) is 0. The summed E-state index contributed by atoms with van der Waals surface area (Å²) in [6, 6.07) is 18.1. The van der Waals surface area contributed by atoms with Gasteiger partial charge in [-0.15, -0.1) is 0 Å². The first kappa shape index (κ1) is 23.3. The number of nitrogens with one attached hydrogen (secondary N) is 2. The Bertz CT molecular complexity index is 1250. The van der Waals surface area contributed by atoms with Gasteiger partial charge in [-0.3, -0.25) is 9.59 Å². The predicted molar refractivity (Wildman–Crippen MR) is 128 cm³/mol. The highest BCUT2D eigenvalue weighted by Crippen LogP contribution is 2.39. The van der Waals surface area contributed by atoms with Crippen molar-refractivity contribution in [3.63, 3.8) is 0 Å². The molecule has 0 saturated carbocycles. The third kappa shape index (κ3) is 5.02. The molecule has 34 heavy (non-hydrogen) atoms. The van der Waals surface area contributed by atoms with Crippen molar-refractivity contribution >= 4 is 40.8 Å². The fourth-order valence-electron chi connectivity index (χ4n) is 4.18. The van der Waals surface area contributed by atoms with E-state index in [0.29, 0.717) is 27.5 Å². The van der Waals surface area contributed by atoms with Crippen LogP contribution in [0.2, 0.25) is 5.02 Å². The Balaban J connectivity index is 1.72. The molecule has 3 aromatic rings. The van der Waals surface area contributed by atoms with Gasteiger partial charge in [-0.1, -0.05) is 54.1 Å². The van der Waals surface area contributed by atoms with Gasteiger partial charge in [0.25, 0.3) is 0 Å². The Kier molecular flexibility index (Phi) is 6.79. The van der Waals surface area contributed by atoms with Crippen molar-refractivity contribution in [1.29, 1.82) is 0 Å². The number of nitrogens with two attached hydrogens (primary N) is 1. The summed E-state index contributed by atoms with van der Waals surface area (Å²) in [5, 5.41) is 5.75. The second-order valence-corrected chi connectivity index (χ2v) is 8.36. The molecule has 4 amide bonds. The van der Waals surface area contributed by atoms with Gasteiger partial charge in [0.1, 0.15) is 18.4 Å². The Morgan fingerprint density at radius 3 is 2.44 bits per heavy atom. The van der Waals surface area contributed by atoms with Gasteiger partial charge in [0, 0.05) is 22.3 Å². The summed E-state index contributed by atoms with van der Waals surface area (Å²) in [5.41, 5.74) is 7.34. The second-order valence-electron chi connectivity index (χ2n) is 7.92. The fraction of sp³-hybridized carbons (Fsp3) is 0.160. The van der Waals surface area contributed by atoms with Gasteiger partial charge in [0.05, 0.1) is 0 Å². The average molecular weight is 481 g/mol. The molecule has 4 N–H and O–H groups in total. The molecule has 0 saturated heterocycles. The molecule has 2 unspecified atom stereocenters. The van der Waals surface area contributed by atoms with Crippen LogP contribution >= 0.6 is 11.6 Å². The Hall–Kier alpha value is -3.91. The molecular formula is C25H22ClFN4O3. The molecule has 1 aliphatic rings. The molecule has 0 aliphatic carbocycles. The van der Waals surface area contributed by atoms with E-state index >= 15 is 0 Å². The molecule has 174 valence electrons. The molecular weight excluding hydrogens is 459 g/mol. The third-order valence-electron chi connectivity index (χ3n) is 5.62. The first-order chi connectivity index (χ1) is 16.3. The third-order valence-corrected chi connectivity index (χ3v) is 5.86. The van der Waals surface area contributed by atoms with E-state index in [-0.39, 0.29) is 13.0 Å². The monoisotopic (exact) mass is 480 g/mol. The maximum absolute atomic E-state index is 14.8. The summed E-state index contributed by atoms with van der Waals surface area (Å²) in [6.45, 7) is -0.381. The number of halogens is 2. The summed E-state index contributed by atoms with van der Waals surface area (Å²) in [5.74, 6) is -2.23. The topological polar surface area (TPSA) is 105 Å². The minimum atomic E-state index is -1.06. The number of hydrogen-bond donors (Lipinski definition) is 3. The van der Waals surface area contributed by atoms with Gasteiger partial charge in [-0.25, -0.2) is 9.18 Å². The fourth-order valence-corrected chi connectivity index (χ4v) is 4.37. The minimum Gasteiger partial charge on any atom is -0.368 e. The first-order valence-electron chi connectivity index (χ1n) is 10.6. The summed E-state index contributed by atoms with van der Waals surface area (Å²) >= 11 is 5.97. The zero-order chi connectivity index (χ0) is 24.2. The molecule has 1 aliphatic heterocycles. The van der Waals surface area contributed by atoms with E-state index in [2.05, 4.69) is 10.6 Å². The van der Waals surface area contributed by atoms with Crippen LogP contribution in [0.5, 0.6) is 0 Å². The molecule has 9 heteroatoms. The van der Waals surface area contributed by atoms with Gasteiger partial charge in [-0.2, -0.15) is 0 Å². The molecule has 4 rings (SSSR count). The molecule has 1 heterocycles. The van der Waals surface area contributed by atoms with Crippen LogP contribution in [0.15, 0.2) is 72.8 Å². The highest BCUT2D eigenvalue weighted by Gasteiger charge is 2.37. The average Bonchev–Trinajstić information content (AvgIpc) is 2.90. The second kappa shape index (κ2) is 9.93. The number of urea groups is 1. The standard InChI is InChI=1S/C25H22ClFN4O3/c26-15-6-5-7-16(12-15)29-25(34)30-21-13-19(17-8-1-3-10-20(17)27)18-9-2-4-11-22(18)31(24(21)33)14-23(28)32/h1-12,19,21H,13-14H2,(H2,28,32)(H2,29,30,34). The summed E-state index contributed by atoms with van der Waals surface area (Å²) < 4.78 is 14.8. The van der Waals surface area contributed by atoms with Crippen molar-refractivity contribution in [2.75, 3.05) is 16.8 Å². The number of para-hydroxylation sites is 1. The molecule has 0 spiro atoms. The van der Waals surface area contributed by atoms with Crippen molar-refractivity contribution in [1.82, 2.24) is 5.32 Å². The van der Waals surface area contributed by atoms with Crippen molar-refractivity contribution in [2.45, 2.75) is 18.4 Å². The number of primary amides is 1. The highest BCUT2D eigenvalue weighted by atomic mass is 35.5. The minimum absolute atomic E-state index is 0.0784.